The number of ether oxygens (including phenoxy) is 1. The van der Waals surface area contributed by atoms with Gasteiger partial charge in [-0.1, -0.05) is 13.8 Å². The SMILES string of the molecule is CCN1COCC1(C)CC. The summed E-state index contributed by atoms with van der Waals surface area (Å²) in [6.45, 7) is 9.49. The van der Waals surface area contributed by atoms with E-state index in [-0.39, 0.29) is 0 Å². The second-order valence-corrected chi connectivity index (χ2v) is 3.18. The Morgan fingerprint density at radius 2 is 2.20 bits per heavy atom. The number of hydrogen-bond acceptors (Lipinski definition) is 2. The van der Waals surface area contributed by atoms with Crippen LogP contribution in [0, 0.1) is 0 Å². The third kappa shape index (κ3) is 1.18. The molecule has 1 heterocycles. The molecule has 0 saturated carbocycles. The van der Waals surface area contributed by atoms with Gasteiger partial charge >= 0.3 is 0 Å². The van der Waals surface area contributed by atoms with Gasteiger partial charge in [-0.25, -0.2) is 0 Å². The highest BCUT2D eigenvalue weighted by molar-refractivity contribution is 4.86. The van der Waals surface area contributed by atoms with Crippen LogP contribution >= 0.6 is 0 Å². The fraction of sp³-hybridized carbons (Fsp3) is 1.00. The Kier molecular flexibility index (Phi) is 2.32. The standard InChI is InChI=1S/C8H17NO/c1-4-8(3)6-10-7-9(8)5-2/h4-7H2,1-3H3. The zero-order chi connectivity index (χ0) is 7.61. The smallest absolute Gasteiger partial charge is 0.0996 e. The average molecular weight is 143 g/mol. The molecule has 0 aliphatic carbocycles. The summed E-state index contributed by atoms with van der Waals surface area (Å²) in [6.07, 6.45) is 1.18. The highest BCUT2D eigenvalue weighted by Crippen LogP contribution is 2.24. The fourth-order valence-corrected chi connectivity index (χ4v) is 1.42. The van der Waals surface area contributed by atoms with Crippen molar-refractivity contribution < 1.29 is 4.74 Å². The maximum absolute atomic E-state index is 5.38. The van der Waals surface area contributed by atoms with Crippen LogP contribution < -0.4 is 0 Å². The molecule has 0 spiro atoms. The van der Waals surface area contributed by atoms with Crippen molar-refractivity contribution in [1.82, 2.24) is 4.90 Å². The molecule has 10 heavy (non-hydrogen) atoms. The first kappa shape index (κ1) is 8.02. The summed E-state index contributed by atoms with van der Waals surface area (Å²) in [5.74, 6) is 0. The number of nitrogens with zero attached hydrogens (tertiary/aromatic N) is 1. The van der Waals surface area contributed by atoms with E-state index >= 15 is 0 Å². The van der Waals surface area contributed by atoms with Crippen molar-refractivity contribution in [2.24, 2.45) is 0 Å². The highest BCUT2D eigenvalue weighted by atomic mass is 16.5. The Bertz CT molecular complexity index is 116. The van der Waals surface area contributed by atoms with E-state index in [1.807, 2.05) is 0 Å². The summed E-state index contributed by atoms with van der Waals surface area (Å²) < 4.78 is 5.38. The molecule has 0 radical (unpaired) electrons. The van der Waals surface area contributed by atoms with Crippen molar-refractivity contribution in [2.45, 2.75) is 32.7 Å². The molecule has 1 fully saturated rings. The largest absolute Gasteiger partial charge is 0.364 e. The number of likely N-dealkylation sites (N-methyl/N-ethyl adjacent to an activating group) is 1. The lowest BCUT2D eigenvalue weighted by Crippen LogP contribution is -2.42. The van der Waals surface area contributed by atoms with E-state index < -0.39 is 0 Å². The van der Waals surface area contributed by atoms with E-state index in [2.05, 4.69) is 25.7 Å². The van der Waals surface area contributed by atoms with Gasteiger partial charge in [0.05, 0.1) is 13.3 Å². The summed E-state index contributed by atoms with van der Waals surface area (Å²) in [5, 5.41) is 0. The topological polar surface area (TPSA) is 12.5 Å². The van der Waals surface area contributed by atoms with Gasteiger partial charge in [-0.3, -0.25) is 4.90 Å². The summed E-state index contributed by atoms with van der Waals surface area (Å²) in [6, 6.07) is 0. The van der Waals surface area contributed by atoms with Crippen LogP contribution in [-0.4, -0.2) is 30.3 Å². The van der Waals surface area contributed by atoms with Gasteiger partial charge in [0.1, 0.15) is 0 Å². The molecule has 0 aromatic heterocycles. The molecule has 1 unspecified atom stereocenters. The first-order valence-corrected chi connectivity index (χ1v) is 4.05. The van der Waals surface area contributed by atoms with Gasteiger partial charge in [-0.05, 0) is 19.9 Å². The zero-order valence-electron chi connectivity index (χ0n) is 7.18. The molecule has 2 heteroatoms. The lowest BCUT2D eigenvalue weighted by atomic mass is 9.99. The third-order valence-corrected chi connectivity index (χ3v) is 2.57. The minimum Gasteiger partial charge on any atom is -0.364 e. The van der Waals surface area contributed by atoms with Gasteiger partial charge in [0.2, 0.25) is 0 Å². The molecule has 0 N–H and O–H groups in total. The van der Waals surface area contributed by atoms with E-state index in [1.54, 1.807) is 0 Å². The predicted octanol–water partition coefficient (Wildman–Crippen LogP) is 1.46. The molecular weight excluding hydrogens is 126 g/mol. The van der Waals surface area contributed by atoms with Crippen molar-refractivity contribution in [2.75, 3.05) is 19.9 Å². The summed E-state index contributed by atoms with van der Waals surface area (Å²) in [7, 11) is 0. The van der Waals surface area contributed by atoms with Gasteiger partial charge in [0, 0.05) is 5.54 Å². The second-order valence-electron chi connectivity index (χ2n) is 3.18. The minimum absolute atomic E-state index is 0.314. The second kappa shape index (κ2) is 2.89. The molecule has 0 aromatic carbocycles. The van der Waals surface area contributed by atoms with Crippen molar-refractivity contribution in [3.8, 4) is 0 Å². The minimum atomic E-state index is 0.314. The van der Waals surface area contributed by atoms with Crippen LogP contribution in [0.5, 0.6) is 0 Å². The lowest BCUT2D eigenvalue weighted by molar-refractivity contribution is 0.133. The van der Waals surface area contributed by atoms with Crippen molar-refractivity contribution >= 4 is 0 Å². The van der Waals surface area contributed by atoms with Gasteiger partial charge in [0.15, 0.2) is 0 Å². The first-order valence-electron chi connectivity index (χ1n) is 4.05. The molecule has 0 bridgehead atoms. The Morgan fingerprint density at radius 1 is 1.50 bits per heavy atom. The normalized spacial score (nSPS) is 35.1. The van der Waals surface area contributed by atoms with Crippen LogP contribution in [-0.2, 0) is 4.74 Å². The molecular formula is C8H17NO. The molecule has 1 rings (SSSR count). The van der Waals surface area contributed by atoms with Crippen LogP contribution in [0.25, 0.3) is 0 Å². The maximum Gasteiger partial charge on any atom is 0.0996 e. The van der Waals surface area contributed by atoms with E-state index in [1.165, 1.54) is 6.42 Å². The van der Waals surface area contributed by atoms with Crippen LogP contribution in [0.4, 0.5) is 0 Å². The zero-order valence-corrected chi connectivity index (χ0v) is 7.18. The van der Waals surface area contributed by atoms with Gasteiger partial charge in [-0.15, -0.1) is 0 Å². The molecule has 2 nitrogen and oxygen atoms in total. The van der Waals surface area contributed by atoms with E-state index in [0.29, 0.717) is 5.54 Å². The summed E-state index contributed by atoms with van der Waals surface area (Å²) in [4.78, 5) is 2.38. The molecule has 1 aliphatic heterocycles. The van der Waals surface area contributed by atoms with Gasteiger partial charge in [-0.2, -0.15) is 0 Å². The van der Waals surface area contributed by atoms with Gasteiger partial charge in [0.25, 0.3) is 0 Å². The van der Waals surface area contributed by atoms with Crippen LogP contribution in [0.1, 0.15) is 27.2 Å². The van der Waals surface area contributed by atoms with Crippen LogP contribution in [0.2, 0.25) is 0 Å². The molecule has 1 aliphatic rings. The molecule has 60 valence electrons. The van der Waals surface area contributed by atoms with Crippen molar-refractivity contribution in [3.05, 3.63) is 0 Å². The fourth-order valence-electron chi connectivity index (χ4n) is 1.42. The summed E-state index contributed by atoms with van der Waals surface area (Å²) >= 11 is 0. The van der Waals surface area contributed by atoms with Crippen molar-refractivity contribution in [3.63, 3.8) is 0 Å². The monoisotopic (exact) mass is 143 g/mol. The summed E-state index contributed by atoms with van der Waals surface area (Å²) in [5.41, 5.74) is 0.314. The van der Waals surface area contributed by atoms with E-state index in [4.69, 9.17) is 4.74 Å². The Labute approximate surface area is 63.2 Å². The van der Waals surface area contributed by atoms with E-state index in [0.717, 1.165) is 19.9 Å². The molecule has 0 aromatic rings. The quantitative estimate of drug-likeness (QED) is 0.580. The average Bonchev–Trinajstić information content (AvgIpc) is 2.32. The maximum atomic E-state index is 5.38. The Morgan fingerprint density at radius 3 is 2.60 bits per heavy atom. The molecule has 1 atom stereocenters. The van der Waals surface area contributed by atoms with Gasteiger partial charge < -0.3 is 4.74 Å². The van der Waals surface area contributed by atoms with Crippen LogP contribution in [0.3, 0.4) is 0 Å². The van der Waals surface area contributed by atoms with Crippen molar-refractivity contribution in [1.29, 1.82) is 0 Å². The lowest BCUT2D eigenvalue weighted by Gasteiger charge is -2.30. The number of hydrogen-bond donors (Lipinski definition) is 0. The Balaban J connectivity index is 2.56. The van der Waals surface area contributed by atoms with Crippen LogP contribution in [0.15, 0.2) is 0 Å². The van der Waals surface area contributed by atoms with E-state index in [9.17, 15) is 0 Å². The third-order valence-electron chi connectivity index (χ3n) is 2.57. The molecule has 1 saturated heterocycles. The molecule has 0 amide bonds. The first-order chi connectivity index (χ1) is 4.73. The highest BCUT2D eigenvalue weighted by Gasteiger charge is 2.34. The predicted molar refractivity (Wildman–Crippen MR) is 41.9 cm³/mol. The number of rotatable bonds is 2. The Hall–Kier alpha value is -0.0800.